The van der Waals surface area contributed by atoms with Gasteiger partial charge >= 0.3 is 0 Å². The Morgan fingerprint density at radius 1 is 0.750 bits per heavy atom. The predicted octanol–water partition coefficient (Wildman–Crippen LogP) is -5.21. The van der Waals surface area contributed by atoms with Crippen LogP contribution in [0.5, 0.6) is 0 Å². The molecule has 1 aliphatic carbocycles. The molecule has 3 saturated heterocycles. The monoisotopic (exact) mass is 636 g/mol. The van der Waals surface area contributed by atoms with E-state index in [2.05, 4.69) is 0 Å². The molecule has 0 amide bonds. The first-order valence-electron chi connectivity index (χ1n) is 15.5. The second kappa shape index (κ2) is 16.2. The highest BCUT2D eigenvalue weighted by Gasteiger charge is 2.53. The second-order valence-corrected chi connectivity index (χ2v) is 12.3. The van der Waals surface area contributed by atoms with Crippen molar-refractivity contribution in [2.75, 3.05) is 26.2 Å². The zero-order chi connectivity index (χ0) is 32.1. The fourth-order valence-corrected chi connectivity index (χ4v) is 6.35. The molecule has 17 heteroatoms. The lowest BCUT2D eigenvalue weighted by Gasteiger charge is -2.46. The highest BCUT2D eigenvalue weighted by atomic mass is 16.8. The number of aliphatic hydroxyl groups is 4. The van der Waals surface area contributed by atoms with Gasteiger partial charge in [0.05, 0.1) is 37.0 Å². The molecule has 256 valence electrons. The summed E-state index contributed by atoms with van der Waals surface area (Å²) in [7, 11) is 0. The van der Waals surface area contributed by atoms with Gasteiger partial charge in [-0.1, -0.05) is 0 Å². The summed E-state index contributed by atoms with van der Waals surface area (Å²) in [6.07, 6.45) is -10.1. The van der Waals surface area contributed by atoms with Crippen LogP contribution in [0.15, 0.2) is 0 Å². The minimum absolute atomic E-state index is 0.134. The average molecular weight is 637 g/mol. The van der Waals surface area contributed by atoms with Crippen LogP contribution in [-0.4, -0.2) is 144 Å². The SMILES string of the molecule is NC[C@@H]1CC[C@@H](N)[C@@H](O[C@H]2[C@H](O[C@@H]3O[C@H](CO)[C@@H](O[C@H]4O[C@@H](CN)CC[C@H]4N)[C@H]3O)[C@@H](O)[C@H](CC(=O)[C@@H](O)CN)C[C@@H]2N)O1. The van der Waals surface area contributed by atoms with Gasteiger partial charge in [0.25, 0.3) is 0 Å². The largest absolute Gasteiger partial charge is 0.394 e. The summed E-state index contributed by atoms with van der Waals surface area (Å²) in [6, 6.07) is -1.80. The Morgan fingerprint density at radius 3 is 1.82 bits per heavy atom. The van der Waals surface area contributed by atoms with Gasteiger partial charge in [0.2, 0.25) is 0 Å². The van der Waals surface area contributed by atoms with E-state index in [1.165, 1.54) is 0 Å². The average Bonchev–Trinajstić information content (AvgIpc) is 3.31. The zero-order valence-corrected chi connectivity index (χ0v) is 24.9. The fourth-order valence-electron chi connectivity index (χ4n) is 6.35. The molecule has 4 aliphatic rings. The number of nitrogens with two attached hydrogens (primary N) is 6. The molecule has 0 aromatic rings. The summed E-state index contributed by atoms with van der Waals surface area (Å²) in [5, 5.41) is 42.8. The number of aliphatic hydroxyl groups excluding tert-OH is 4. The Labute approximate surface area is 256 Å². The van der Waals surface area contributed by atoms with Crippen molar-refractivity contribution in [1.82, 2.24) is 0 Å². The molecule has 3 heterocycles. The molecule has 4 fully saturated rings. The van der Waals surface area contributed by atoms with E-state index in [-0.39, 0.29) is 44.7 Å². The lowest BCUT2D eigenvalue weighted by Crippen LogP contribution is -2.63. The van der Waals surface area contributed by atoms with Gasteiger partial charge in [0.1, 0.15) is 36.6 Å². The van der Waals surface area contributed by atoms with Crippen molar-refractivity contribution in [3.05, 3.63) is 0 Å². The highest BCUT2D eigenvalue weighted by Crippen LogP contribution is 2.37. The standard InChI is InChI=1S/C27H52N6O11/c28-7-12-1-3-14(31)25(39-12)42-22-16(33)5-11(6-17(35)18(36)9-30)20(37)24(22)44-27-21(38)23(19(10-34)41-27)43-26-15(32)4-2-13(8-29)40-26/h11-16,18-27,34,36-38H,1-10,28-33H2/t11-,12-,13+,14+,15+,16-,18-,19+,20-,21+,22+,23+,24+,25+,26+,27-/m0/s1. The molecule has 44 heavy (non-hydrogen) atoms. The molecule has 16 atom stereocenters. The number of carbonyl (C=O) groups is 1. The lowest BCUT2D eigenvalue weighted by atomic mass is 9.76. The van der Waals surface area contributed by atoms with Gasteiger partial charge in [-0.2, -0.15) is 0 Å². The van der Waals surface area contributed by atoms with Crippen LogP contribution in [0.1, 0.15) is 38.5 Å². The maximum atomic E-state index is 12.6. The maximum absolute atomic E-state index is 12.6. The van der Waals surface area contributed by atoms with Gasteiger partial charge in [-0.3, -0.25) is 4.79 Å². The van der Waals surface area contributed by atoms with Crippen LogP contribution in [0, 0.1) is 5.92 Å². The normalized spacial score (nSPS) is 45.7. The van der Waals surface area contributed by atoms with E-state index < -0.39 is 98.0 Å². The summed E-state index contributed by atoms with van der Waals surface area (Å²) in [4.78, 5) is 12.6. The van der Waals surface area contributed by atoms with Gasteiger partial charge in [-0.15, -0.1) is 0 Å². The summed E-state index contributed by atoms with van der Waals surface area (Å²) in [6.45, 7) is -0.286. The minimum Gasteiger partial charge on any atom is -0.394 e. The molecule has 0 aromatic heterocycles. The van der Waals surface area contributed by atoms with Crippen molar-refractivity contribution in [3.8, 4) is 0 Å². The number of carbonyl (C=O) groups excluding carboxylic acids is 1. The third-order valence-electron chi connectivity index (χ3n) is 9.07. The van der Waals surface area contributed by atoms with Gasteiger partial charge < -0.3 is 83.2 Å². The summed E-state index contributed by atoms with van der Waals surface area (Å²) in [5.74, 6) is -1.31. The Bertz CT molecular complexity index is 912. The molecule has 0 unspecified atom stereocenters. The van der Waals surface area contributed by atoms with Crippen molar-refractivity contribution < 1.29 is 53.6 Å². The minimum atomic E-state index is -1.46. The maximum Gasteiger partial charge on any atom is 0.187 e. The van der Waals surface area contributed by atoms with Crippen molar-refractivity contribution in [2.45, 2.75) is 130 Å². The Balaban J connectivity index is 1.53. The second-order valence-electron chi connectivity index (χ2n) is 12.3. The smallest absolute Gasteiger partial charge is 0.187 e. The number of hydrogen-bond donors (Lipinski definition) is 10. The van der Waals surface area contributed by atoms with Crippen LogP contribution in [0.2, 0.25) is 0 Å². The quantitative estimate of drug-likeness (QED) is 0.0903. The number of ether oxygens (including phenoxy) is 6. The Kier molecular flexibility index (Phi) is 13.2. The van der Waals surface area contributed by atoms with Crippen LogP contribution in [0.3, 0.4) is 0 Å². The van der Waals surface area contributed by atoms with Crippen molar-refractivity contribution in [3.63, 3.8) is 0 Å². The van der Waals surface area contributed by atoms with Gasteiger partial charge in [0, 0.05) is 32.1 Å². The number of Topliss-reactive ketones (excluding diaryl/α,β-unsaturated/α-hetero) is 1. The molecule has 17 nitrogen and oxygen atoms in total. The van der Waals surface area contributed by atoms with E-state index in [4.69, 9.17) is 62.8 Å². The number of ketones is 1. The van der Waals surface area contributed by atoms with Crippen LogP contribution >= 0.6 is 0 Å². The van der Waals surface area contributed by atoms with Crippen molar-refractivity contribution >= 4 is 5.78 Å². The highest BCUT2D eigenvalue weighted by molar-refractivity contribution is 5.83. The molecule has 0 spiro atoms. The first-order valence-corrected chi connectivity index (χ1v) is 15.5. The molecule has 0 aromatic carbocycles. The first-order chi connectivity index (χ1) is 21.0. The lowest BCUT2D eigenvalue weighted by molar-refractivity contribution is -0.291. The summed E-state index contributed by atoms with van der Waals surface area (Å²) >= 11 is 0. The Hall–Kier alpha value is -0.970. The van der Waals surface area contributed by atoms with Gasteiger partial charge in [0.15, 0.2) is 24.7 Å². The van der Waals surface area contributed by atoms with Crippen LogP contribution in [0.25, 0.3) is 0 Å². The van der Waals surface area contributed by atoms with Crippen LogP contribution in [-0.2, 0) is 33.2 Å². The van der Waals surface area contributed by atoms with Crippen LogP contribution < -0.4 is 34.4 Å². The molecule has 0 radical (unpaired) electrons. The molecule has 0 bridgehead atoms. The van der Waals surface area contributed by atoms with E-state index in [9.17, 15) is 25.2 Å². The molecular weight excluding hydrogens is 584 g/mol. The molecule has 16 N–H and O–H groups in total. The third kappa shape index (κ3) is 8.29. The number of rotatable bonds is 13. The molecular formula is C27H52N6O11. The topological polar surface area (TPSA) is 309 Å². The van der Waals surface area contributed by atoms with Crippen molar-refractivity contribution in [1.29, 1.82) is 0 Å². The van der Waals surface area contributed by atoms with E-state index in [1.807, 2.05) is 0 Å². The fraction of sp³-hybridized carbons (Fsp3) is 0.963. The van der Waals surface area contributed by atoms with E-state index >= 15 is 0 Å². The predicted molar refractivity (Wildman–Crippen MR) is 153 cm³/mol. The van der Waals surface area contributed by atoms with Crippen molar-refractivity contribution in [2.24, 2.45) is 40.3 Å². The third-order valence-corrected chi connectivity index (χ3v) is 9.07. The first kappa shape index (κ1) is 35.9. The van der Waals surface area contributed by atoms with E-state index in [0.29, 0.717) is 25.7 Å². The van der Waals surface area contributed by atoms with Gasteiger partial charge in [-0.05, 0) is 38.0 Å². The zero-order valence-electron chi connectivity index (χ0n) is 24.9. The number of hydrogen-bond acceptors (Lipinski definition) is 17. The molecule has 3 aliphatic heterocycles. The summed E-state index contributed by atoms with van der Waals surface area (Å²) < 4.78 is 36.1. The van der Waals surface area contributed by atoms with Gasteiger partial charge in [-0.25, -0.2) is 0 Å². The van der Waals surface area contributed by atoms with Crippen LogP contribution in [0.4, 0.5) is 0 Å². The van der Waals surface area contributed by atoms with E-state index in [0.717, 1.165) is 0 Å². The Morgan fingerprint density at radius 2 is 1.30 bits per heavy atom. The van der Waals surface area contributed by atoms with E-state index in [1.54, 1.807) is 0 Å². The summed E-state index contributed by atoms with van der Waals surface area (Å²) in [5.41, 5.74) is 36.0. The molecule has 4 rings (SSSR count). The molecule has 1 saturated carbocycles.